The van der Waals surface area contributed by atoms with E-state index in [9.17, 15) is 18.0 Å². The molecule has 160 valence electrons. The molecule has 5 nitrogen and oxygen atoms in total. The summed E-state index contributed by atoms with van der Waals surface area (Å²) >= 11 is 1.63. The molecule has 0 aliphatic carbocycles. The topological polar surface area (TPSA) is 59.2 Å². The molecule has 0 spiro atoms. The van der Waals surface area contributed by atoms with Crippen LogP contribution in [0.25, 0.3) is 11.1 Å². The number of pyridine rings is 1. The van der Waals surface area contributed by atoms with E-state index >= 15 is 0 Å². The van der Waals surface area contributed by atoms with Gasteiger partial charge >= 0.3 is 6.18 Å². The fourth-order valence-corrected chi connectivity index (χ4v) is 4.94. The molecular weight excluding hydrogens is 415 g/mol. The Hall–Kier alpha value is -2.42. The van der Waals surface area contributed by atoms with Crippen LogP contribution < -0.4 is 0 Å². The number of aromatic nitrogens is 2. The minimum atomic E-state index is -4.51. The molecule has 1 aliphatic heterocycles. The largest absolute Gasteiger partial charge is 0.417 e. The molecule has 3 aromatic rings. The van der Waals surface area contributed by atoms with E-state index in [-0.39, 0.29) is 34.5 Å². The van der Waals surface area contributed by atoms with Crippen LogP contribution in [0.15, 0.2) is 28.1 Å². The van der Waals surface area contributed by atoms with Crippen molar-refractivity contribution < 1.29 is 22.5 Å². The molecule has 30 heavy (non-hydrogen) atoms. The molecule has 0 aromatic carbocycles. The maximum Gasteiger partial charge on any atom is 0.417 e. The van der Waals surface area contributed by atoms with Gasteiger partial charge in [-0.2, -0.15) is 13.2 Å². The first-order valence-electron chi connectivity index (χ1n) is 9.89. The third-order valence-electron chi connectivity index (χ3n) is 5.61. The number of halogens is 3. The summed E-state index contributed by atoms with van der Waals surface area (Å²) in [4.78, 5) is 19.8. The lowest BCUT2D eigenvalue weighted by Gasteiger charge is -2.33. The monoisotopic (exact) mass is 437 g/mol. The van der Waals surface area contributed by atoms with Crippen LogP contribution in [0.2, 0.25) is 0 Å². The minimum Gasteiger partial charge on any atom is -0.342 e. The SMILES string of the molecule is Cc1cc(C(F)(F)F)c2c(C3CCN(C(=O)C(C)Cc4cccs4)CC3)noc2n1. The van der Waals surface area contributed by atoms with Gasteiger partial charge in [0, 0.05) is 35.5 Å². The van der Waals surface area contributed by atoms with Crippen LogP contribution in [-0.2, 0) is 17.4 Å². The highest BCUT2D eigenvalue weighted by Crippen LogP contribution is 2.40. The maximum absolute atomic E-state index is 13.6. The molecule has 1 atom stereocenters. The summed E-state index contributed by atoms with van der Waals surface area (Å²) in [7, 11) is 0. The number of alkyl halides is 3. The summed E-state index contributed by atoms with van der Waals surface area (Å²) in [5.41, 5.74) is -0.314. The highest BCUT2D eigenvalue weighted by Gasteiger charge is 2.38. The zero-order valence-electron chi connectivity index (χ0n) is 16.7. The van der Waals surface area contributed by atoms with Gasteiger partial charge in [0.15, 0.2) is 0 Å². The lowest BCUT2D eigenvalue weighted by atomic mass is 9.90. The van der Waals surface area contributed by atoms with Gasteiger partial charge in [0.2, 0.25) is 5.91 Å². The predicted octanol–water partition coefficient (Wildman–Crippen LogP) is 5.20. The number of carbonyl (C=O) groups excluding carboxylic acids is 1. The molecule has 4 rings (SSSR count). The van der Waals surface area contributed by atoms with Gasteiger partial charge in [-0.05, 0) is 43.7 Å². The number of amides is 1. The van der Waals surface area contributed by atoms with Crippen molar-refractivity contribution in [2.24, 2.45) is 5.92 Å². The van der Waals surface area contributed by atoms with E-state index in [2.05, 4.69) is 10.1 Å². The first-order valence-corrected chi connectivity index (χ1v) is 10.8. The Morgan fingerprint density at radius 1 is 1.37 bits per heavy atom. The van der Waals surface area contributed by atoms with Crippen molar-refractivity contribution in [2.75, 3.05) is 13.1 Å². The fourth-order valence-electron chi connectivity index (χ4n) is 4.10. The number of aryl methyl sites for hydroxylation is 1. The number of nitrogens with zero attached hydrogens (tertiary/aromatic N) is 3. The summed E-state index contributed by atoms with van der Waals surface area (Å²) in [6.45, 7) is 4.40. The average Bonchev–Trinajstić information content (AvgIpc) is 3.35. The van der Waals surface area contributed by atoms with Gasteiger partial charge in [0.1, 0.15) is 0 Å². The van der Waals surface area contributed by atoms with E-state index in [0.29, 0.717) is 38.0 Å². The van der Waals surface area contributed by atoms with E-state index in [1.54, 1.807) is 11.3 Å². The molecule has 1 amide bonds. The molecule has 4 heterocycles. The van der Waals surface area contributed by atoms with Crippen LogP contribution in [0.5, 0.6) is 0 Å². The smallest absolute Gasteiger partial charge is 0.342 e. The summed E-state index contributed by atoms with van der Waals surface area (Å²) in [6.07, 6.45) is -2.72. The van der Waals surface area contributed by atoms with Crippen molar-refractivity contribution in [2.45, 2.75) is 45.2 Å². The fraction of sp³-hybridized carbons (Fsp3) is 0.476. The van der Waals surface area contributed by atoms with Gasteiger partial charge in [-0.15, -0.1) is 11.3 Å². The highest BCUT2D eigenvalue weighted by atomic mass is 32.1. The first kappa shape index (κ1) is 20.8. The zero-order chi connectivity index (χ0) is 21.5. The zero-order valence-corrected chi connectivity index (χ0v) is 17.5. The van der Waals surface area contributed by atoms with Crippen molar-refractivity contribution in [3.8, 4) is 0 Å². The molecule has 0 saturated carbocycles. The molecule has 3 aromatic heterocycles. The van der Waals surface area contributed by atoms with E-state index < -0.39 is 11.7 Å². The number of carbonyl (C=O) groups is 1. The molecule has 1 fully saturated rings. The number of rotatable bonds is 4. The number of hydrogen-bond donors (Lipinski definition) is 0. The van der Waals surface area contributed by atoms with Crippen molar-refractivity contribution in [1.82, 2.24) is 15.0 Å². The quantitative estimate of drug-likeness (QED) is 0.563. The average molecular weight is 437 g/mol. The van der Waals surface area contributed by atoms with Crippen LogP contribution in [0.4, 0.5) is 13.2 Å². The number of likely N-dealkylation sites (tertiary alicyclic amines) is 1. The summed E-state index contributed by atoms with van der Waals surface area (Å²) in [5, 5.41) is 5.89. The normalized spacial score (nSPS) is 16.9. The van der Waals surface area contributed by atoms with Crippen molar-refractivity contribution in [3.05, 3.63) is 45.4 Å². The number of hydrogen-bond acceptors (Lipinski definition) is 5. The Kier molecular flexibility index (Phi) is 5.57. The van der Waals surface area contributed by atoms with Gasteiger partial charge in [-0.25, -0.2) is 4.98 Å². The Balaban J connectivity index is 1.49. The van der Waals surface area contributed by atoms with Crippen molar-refractivity contribution >= 4 is 28.3 Å². The molecule has 1 aliphatic rings. The lowest BCUT2D eigenvalue weighted by molar-refractivity contribution is -0.136. The van der Waals surface area contributed by atoms with E-state index in [1.165, 1.54) is 11.8 Å². The summed E-state index contributed by atoms with van der Waals surface area (Å²) in [6, 6.07) is 5.02. The van der Waals surface area contributed by atoms with Crippen LogP contribution >= 0.6 is 11.3 Å². The van der Waals surface area contributed by atoms with Crippen molar-refractivity contribution in [3.63, 3.8) is 0 Å². The first-order chi connectivity index (χ1) is 14.2. The van der Waals surface area contributed by atoms with Gasteiger partial charge in [-0.1, -0.05) is 18.1 Å². The van der Waals surface area contributed by atoms with E-state index in [1.807, 2.05) is 29.3 Å². The Bertz CT molecular complexity index is 1040. The molecule has 1 saturated heterocycles. The second-order valence-corrected chi connectivity index (χ2v) is 8.87. The standard InChI is InChI=1S/C21H22F3N3O2S/c1-12(10-15-4-3-9-30-15)20(28)27-7-5-14(6-8-27)18-17-16(21(22,23)24)11-13(2)25-19(17)29-26-18/h3-4,9,11-12,14H,5-8,10H2,1-2H3. The summed E-state index contributed by atoms with van der Waals surface area (Å²) < 4.78 is 45.9. The van der Waals surface area contributed by atoms with Gasteiger partial charge in [0.25, 0.3) is 5.71 Å². The Morgan fingerprint density at radius 3 is 2.73 bits per heavy atom. The van der Waals surface area contributed by atoms with E-state index in [4.69, 9.17) is 4.52 Å². The molecule has 0 radical (unpaired) electrons. The molecule has 1 unspecified atom stereocenters. The van der Waals surface area contributed by atoms with Crippen LogP contribution in [0.3, 0.4) is 0 Å². The van der Waals surface area contributed by atoms with Gasteiger partial charge < -0.3 is 9.42 Å². The lowest BCUT2D eigenvalue weighted by Crippen LogP contribution is -2.41. The van der Waals surface area contributed by atoms with Crippen molar-refractivity contribution in [1.29, 1.82) is 0 Å². The Morgan fingerprint density at radius 2 is 2.10 bits per heavy atom. The van der Waals surface area contributed by atoms with E-state index in [0.717, 1.165) is 6.07 Å². The van der Waals surface area contributed by atoms with Gasteiger partial charge in [-0.3, -0.25) is 4.79 Å². The second kappa shape index (κ2) is 8.02. The number of thiophene rings is 1. The van der Waals surface area contributed by atoms with Crippen LogP contribution in [-0.4, -0.2) is 34.0 Å². The third-order valence-corrected chi connectivity index (χ3v) is 6.51. The minimum absolute atomic E-state index is 0.0519. The molecule has 0 N–H and O–H groups in total. The third kappa shape index (κ3) is 4.08. The maximum atomic E-state index is 13.6. The molecular formula is C21H22F3N3O2S. The number of piperidine rings is 1. The Labute approximate surface area is 175 Å². The number of fused-ring (bicyclic) bond motifs is 1. The molecule has 0 bridgehead atoms. The highest BCUT2D eigenvalue weighted by molar-refractivity contribution is 7.09. The predicted molar refractivity (Wildman–Crippen MR) is 107 cm³/mol. The molecule has 9 heteroatoms. The summed E-state index contributed by atoms with van der Waals surface area (Å²) in [5.74, 6) is -0.245. The van der Waals surface area contributed by atoms with Crippen LogP contribution in [0, 0.1) is 12.8 Å². The van der Waals surface area contributed by atoms with Gasteiger partial charge in [0.05, 0.1) is 16.6 Å². The second-order valence-electron chi connectivity index (χ2n) is 7.84. The van der Waals surface area contributed by atoms with Crippen LogP contribution in [0.1, 0.15) is 47.5 Å².